The number of rotatable bonds is 6. The van der Waals surface area contributed by atoms with Gasteiger partial charge in [0.2, 0.25) is 0 Å². The molecule has 0 radical (unpaired) electrons. The third-order valence-electron chi connectivity index (χ3n) is 3.40. The van der Waals surface area contributed by atoms with Crippen molar-refractivity contribution in [3.63, 3.8) is 0 Å². The molecule has 7 heteroatoms. The second-order valence-electron chi connectivity index (χ2n) is 4.93. The van der Waals surface area contributed by atoms with Gasteiger partial charge in [-0.3, -0.25) is 14.9 Å². The number of carbonyl (C=O) groups is 1. The quantitative estimate of drug-likeness (QED) is 0.597. The molecule has 0 bridgehead atoms. The molecule has 0 heterocycles. The average Bonchev–Trinajstić information content (AvgIpc) is 2.45. The molecule has 0 spiro atoms. The molecule has 116 valence electrons. The molecule has 0 N–H and O–H groups in total. The van der Waals surface area contributed by atoms with Crippen LogP contribution in [0.3, 0.4) is 0 Å². The molecule has 1 aromatic carbocycles. The molecule has 0 aliphatic carbocycles. The highest BCUT2D eigenvalue weighted by atomic mass is 32.2. The molecule has 0 saturated heterocycles. The van der Waals surface area contributed by atoms with Gasteiger partial charge >= 0.3 is 0 Å². The number of non-ortho nitro benzene ring substituents is 1. The van der Waals surface area contributed by atoms with Crippen molar-refractivity contribution in [3.05, 3.63) is 39.2 Å². The molecular weight excluding hydrogens is 295 g/mol. The van der Waals surface area contributed by atoms with Crippen molar-refractivity contribution < 1.29 is 14.1 Å². The maximum absolute atomic E-state index is 14.1. The van der Waals surface area contributed by atoms with Gasteiger partial charge in [-0.25, -0.2) is 4.39 Å². The molecular formula is C14H19FN2O3S. The van der Waals surface area contributed by atoms with Crippen LogP contribution < -0.4 is 0 Å². The summed E-state index contributed by atoms with van der Waals surface area (Å²) in [5, 5.41) is 10.8. The van der Waals surface area contributed by atoms with Crippen LogP contribution in [0.2, 0.25) is 0 Å². The van der Waals surface area contributed by atoms with E-state index in [9.17, 15) is 19.3 Å². The Morgan fingerprint density at radius 1 is 1.52 bits per heavy atom. The van der Waals surface area contributed by atoms with E-state index in [0.717, 1.165) is 24.3 Å². The number of nitro benzene ring substituents is 1. The molecule has 0 aliphatic heterocycles. The topological polar surface area (TPSA) is 63.5 Å². The first-order chi connectivity index (χ1) is 9.79. The molecule has 1 rings (SSSR count). The van der Waals surface area contributed by atoms with Crippen LogP contribution in [0.4, 0.5) is 10.1 Å². The molecule has 0 aromatic heterocycles. The molecule has 21 heavy (non-hydrogen) atoms. The minimum absolute atomic E-state index is 0.0658. The molecule has 1 atom stereocenters. The van der Waals surface area contributed by atoms with E-state index in [1.807, 2.05) is 13.2 Å². The van der Waals surface area contributed by atoms with Crippen molar-refractivity contribution in [1.82, 2.24) is 4.90 Å². The van der Waals surface area contributed by atoms with Gasteiger partial charge in [0.25, 0.3) is 11.6 Å². The zero-order valence-corrected chi connectivity index (χ0v) is 13.4. The Bertz CT molecular complexity index is 551. The van der Waals surface area contributed by atoms with Gasteiger partial charge in [0, 0.05) is 25.2 Å². The second kappa shape index (κ2) is 7.40. The summed E-state index contributed by atoms with van der Waals surface area (Å²) in [5.41, 5.74) is -0.430. The highest BCUT2D eigenvalue weighted by molar-refractivity contribution is 7.98. The second-order valence-corrected chi connectivity index (χ2v) is 5.91. The van der Waals surface area contributed by atoms with E-state index in [0.29, 0.717) is 0 Å². The minimum atomic E-state index is -0.700. The minimum Gasteiger partial charge on any atom is -0.339 e. The number of thioether (sulfide) groups is 1. The third-order valence-corrected chi connectivity index (χ3v) is 4.05. The summed E-state index contributed by atoms with van der Waals surface area (Å²) in [5.74, 6) is -0.350. The lowest BCUT2D eigenvalue weighted by molar-refractivity contribution is -0.385. The molecule has 5 nitrogen and oxygen atoms in total. The van der Waals surface area contributed by atoms with Crippen molar-refractivity contribution in [2.24, 2.45) is 0 Å². The summed E-state index contributed by atoms with van der Waals surface area (Å²) in [7, 11) is 1.58. The van der Waals surface area contributed by atoms with Crippen molar-refractivity contribution in [1.29, 1.82) is 0 Å². The van der Waals surface area contributed by atoms with Gasteiger partial charge in [-0.2, -0.15) is 11.8 Å². The zero-order valence-electron chi connectivity index (χ0n) is 12.6. The fraction of sp³-hybridized carbons (Fsp3) is 0.500. The van der Waals surface area contributed by atoms with Gasteiger partial charge in [-0.15, -0.1) is 0 Å². The van der Waals surface area contributed by atoms with Crippen LogP contribution in [0, 0.1) is 22.9 Å². The predicted molar refractivity (Wildman–Crippen MR) is 82.3 cm³/mol. The molecule has 1 aromatic rings. The standard InChI is InChI=1S/C14H19FN2O3S/c1-9-7-11(17(19)20)8-12(13(9)15)14(18)16(3)10(2)5-6-21-4/h7-8,10H,5-6H2,1-4H3. The van der Waals surface area contributed by atoms with E-state index in [1.54, 1.807) is 18.8 Å². The monoisotopic (exact) mass is 314 g/mol. The lowest BCUT2D eigenvalue weighted by atomic mass is 10.1. The van der Waals surface area contributed by atoms with Gasteiger partial charge in [0.1, 0.15) is 5.82 Å². The van der Waals surface area contributed by atoms with E-state index in [2.05, 4.69) is 0 Å². The zero-order chi connectivity index (χ0) is 16.2. The smallest absolute Gasteiger partial charge is 0.270 e. The van der Waals surface area contributed by atoms with Gasteiger partial charge in [-0.1, -0.05) is 0 Å². The lowest BCUT2D eigenvalue weighted by Gasteiger charge is -2.25. The Hall–Kier alpha value is -1.63. The number of halogens is 1. The Morgan fingerprint density at radius 2 is 2.14 bits per heavy atom. The fourth-order valence-electron chi connectivity index (χ4n) is 1.88. The van der Waals surface area contributed by atoms with Crippen molar-refractivity contribution in [3.8, 4) is 0 Å². The lowest BCUT2D eigenvalue weighted by Crippen LogP contribution is -2.36. The highest BCUT2D eigenvalue weighted by Gasteiger charge is 2.24. The van der Waals surface area contributed by atoms with E-state index in [4.69, 9.17) is 0 Å². The van der Waals surface area contributed by atoms with Crippen molar-refractivity contribution in [2.75, 3.05) is 19.1 Å². The molecule has 1 unspecified atom stereocenters. The molecule has 0 aliphatic rings. The first kappa shape index (κ1) is 17.4. The summed E-state index contributed by atoms with van der Waals surface area (Å²) in [6.45, 7) is 3.28. The van der Waals surface area contributed by atoms with Crippen LogP contribution in [0.5, 0.6) is 0 Å². The van der Waals surface area contributed by atoms with Crippen LogP contribution in [0.1, 0.15) is 29.3 Å². The van der Waals surface area contributed by atoms with E-state index < -0.39 is 16.6 Å². The van der Waals surface area contributed by atoms with E-state index in [-0.39, 0.29) is 22.9 Å². The summed E-state index contributed by atoms with van der Waals surface area (Å²) >= 11 is 1.67. The van der Waals surface area contributed by atoms with Gasteiger partial charge < -0.3 is 4.90 Å². The van der Waals surface area contributed by atoms with Crippen molar-refractivity contribution >= 4 is 23.4 Å². The number of hydrogen-bond acceptors (Lipinski definition) is 4. The molecule has 0 saturated carbocycles. The normalized spacial score (nSPS) is 12.0. The first-order valence-corrected chi connectivity index (χ1v) is 7.89. The SMILES string of the molecule is CSCCC(C)N(C)C(=O)c1cc([N+](=O)[O-])cc(C)c1F. The first-order valence-electron chi connectivity index (χ1n) is 6.50. The maximum Gasteiger partial charge on any atom is 0.270 e. The maximum atomic E-state index is 14.1. The van der Waals surface area contributed by atoms with E-state index in [1.165, 1.54) is 11.8 Å². The number of nitrogens with zero attached hydrogens (tertiary/aromatic N) is 2. The predicted octanol–water partition coefficient (Wildman–Crippen LogP) is 3.26. The third kappa shape index (κ3) is 4.17. The Labute approximate surface area is 127 Å². The number of aryl methyl sites for hydroxylation is 1. The van der Waals surface area contributed by atoms with E-state index >= 15 is 0 Å². The highest BCUT2D eigenvalue weighted by Crippen LogP contribution is 2.23. The Kier molecular flexibility index (Phi) is 6.14. The summed E-state index contributed by atoms with van der Waals surface area (Å²) < 4.78 is 14.1. The van der Waals surface area contributed by atoms with Crippen LogP contribution in [-0.2, 0) is 0 Å². The number of amides is 1. The van der Waals surface area contributed by atoms with Gasteiger partial charge in [0.05, 0.1) is 10.5 Å². The number of carbonyl (C=O) groups excluding carboxylic acids is 1. The van der Waals surface area contributed by atoms with Crippen molar-refractivity contribution in [2.45, 2.75) is 26.3 Å². The van der Waals surface area contributed by atoms with Gasteiger partial charge in [0.15, 0.2) is 0 Å². The van der Waals surface area contributed by atoms with Crippen LogP contribution >= 0.6 is 11.8 Å². The van der Waals surface area contributed by atoms with Crippen LogP contribution in [-0.4, -0.2) is 40.8 Å². The number of benzene rings is 1. The largest absolute Gasteiger partial charge is 0.339 e. The fourth-order valence-corrected chi connectivity index (χ4v) is 2.46. The average molecular weight is 314 g/mol. The summed E-state index contributed by atoms with van der Waals surface area (Å²) in [4.78, 5) is 24.0. The molecule has 1 amide bonds. The van der Waals surface area contributed by atoms with Crippen LogP contribution in [0.15, 0.2) is 12.1 Å². The number of hydrogen-bond donors (Lipinski definition) is 0. The summed E-state index contributed by atoms with van der Waals surface area (Å²) in [6, 6.07) is 2.06. The molecule has 0 fully saturated rings. The summed E-state index contributed by atoms with van der Waals surface area (Å²) in [6.07, 6.45) is 2.75. The number of nitro groups is 1. The van der Waals surface area contributed by atoms with Gasteiger partial charge in [-0.05, 0) is 37.8 Å². The van der Waals surface area contributed by atoms with Crippen LogP contribution in [0.25, 0.3) is 0 Å². The Morgan fingerprint density at radius 3 is 2.67 bits per heavy atom. The Balaban J connectivity index is 3.08.